The fourth-order valence-corrected chi connectivity index (χ4v) is 2.43. The molecule has 0 N–H and O–H groups in total. The maximum atomic E-state index is 5.89. The number of aromatic nitrogens is 1. The number of rotatable bonds is 3. The van der Waals surface area contributed by atoms with Crippen LogP contribution in [0.15, 0.2) is 65.2 Å². The molecule has 0 bridgehead atoms. The monoisotopic (exact) mass is 291 g/mol. The van der Waals surface area contributed by atoms with Crippen molar-refractivity contribution in [2.45, 2.75) is 32.6 Å². The number of oxazole rings is 1. The minimum absolute atomic E-state index is 0.165. The fraction of sp³-hybridized carbons (Fsp3) is 0.250. The van der Waals surface area contributed by atoms with Crippen molar-refractivity contribution in [3.05, 3.63) is 77.8 Å². The predicted molar refractivity (Wildman–Crippen MR) is 89.9 cm³/mol. The average molecular weight is 291 g/mol. The van der Waals surface area contributed by atoms with Crippen molar-refractivity contribution in [1.29, 1.82) is 0 Å². The zero-order chi connectivity index (χ0) is 15.6. The van der Waals surface area contributed by atoms with Crippen molar-refractivity contribution in [3.8, 4) is 11.3 Å². The van der Waals surface area contributed by atoms with Gasteiger partial charge in [0.25, 0.3) is 0 Å². The molecule has 0 aliphatic rings. The smallest absolute Gasteiger partial charge is 0.199 e. The van der Waals surface area contributed by atoms with E-state index >= 15 is 0 Å². The Labute approximate surface area is 131 Å². The molecule has 0 saturated heterocycles. The summed E-state index contributed by atoms with van der Waals surface area (Å²) < 4.78 is 5.89. The molecule has 0 amide bonds. The maximum Gasteiger partial charge on any atom is 0.199 e. The lowest BCUT2D eigenvalue weighted by atomic mass is 9.86. The van der Waals surface area contributed by atoms with E-state index in [2.05, 4.69) is 62.2 Å². The second-order valence-corrected chi connectivity index (χ2v) is 6.61. The third-order valence-electron chi connectivity index (χ3n) is 3.79. The summed E-state index contributed by atoms with van der Waals surface area (Å²) in [6, 6.07) is 18.8. The fourth-order valence-electron chi connectivity index (χ4n) is 2.43. The van der Waals surface area contributed by atoms with Crippen LogP contribution >= 0.6 is 0 Å². The molecule has 0 saturated carbocycles. The van der Waals surface area contributed by atoms with Crippen molar-refractivity contribution in [3.63, 3.8) is 0 Å². The van der Waals surface area contributed by atoms with Gasteiger partial charge < -0.3 is 4.42 Å². The van der Waals surface area contributed by atoms with E-state index in [1.165, 1.54) is 11.1 Å². The largest absolute Gasteiger partial charge is 0.440 e. The molecule has 0 unspecified atom stereocenters. The van der Waals surface area contributed by atoms with Gasteiger partial charge in [0.1, 0.15) is 0 Å². The van der Waals surface area contributed by atoms with Crippen LogP contribution in [0.4, 0.5) is 0 Å². The molecule has 22 heavy (non-hydrogen) atoms. The topological polar surface area (TPSA) is 26.0 Å². The molecule has 0 aliphatic carbocycles. The van der Waals surface area contributed by atoms with Crippen LogP contribution < -0.4 is 0 Å². The van der Waals surface area contributed by atoms with E-state index in [0.717, 1.165) is 23.6 Å². The van der Waals surface area contributed by atoms with Gasteiger partial charge >= 0.3 is 0 Å². The van der Waals surface area contributed by atoms with E-state index in [1.54, 1.807) is 0 Å². The minimum Gasteiger partial charge on any atom is -0.440 e. The Bertz CT molecular complexity index is 733. The van der Waals surface area contributed by atoms with Crippen molar-refractivity contribution in [2.75, 3.05) is 0 Å². The minimum atomic E-state index is 0.165. The van der Waals surface area contributed by atoms with Crippen LogP contribution in [-0.2, 0) is 11.8 Å². The Morgan fingerprint density at radius 1 is 0.909 bits per heavy atom. The summed E-state index contributed by atoms with van der Waals surface area (Å²) in [6.07, 6.45) is 2.53. The van der Waals surface area contributed by atoms with Crippen molar-refractivity contribution in [1.82, 2.24) is 4.98 Å². The third-order valence-corrected chi connectivity index (χ3v) is 3.79. The van der Waals surface area contributed by atoms with E-state index in [0.29, 0.717) is 0 Å². The molecule has 2 nitrogen and oxygen atoms in total. The molecule has 0 spiro atoms. The second-order valence-electron chi connectivity index (χ2n) is 6.61. The van der Waals surface area contributed by atoms with E-state index in [4.69, 9.17) is 4.42 Å². The normalized spacial score (nSPS) is 11.6. The van der Waals surface area contributed by atoms with E-state index < -0.39 is 0 Å². The Hall–Kier alpha value is -2.35. The Balaban J connectivity index is 1.79. The van der Waals surface area contributed by atoms with Crippen LogP contribution in [0.5, 0.6) is 0 Å². The van der Waals surface area contributed by atoms with Crippen LogP contribution in [0.2, 0.25) is 0 Å². The third kappa shape index (κ3) is 3.28. The van der Waals surface area contributed by atoms with Crippen molar-refractivity contribution in [2.24, 2.45) is 0 Å². The summed E-state index contributed by atoms with van der Waals surface area (Å²) in [4.78, 5) is 4.39. The zero-order valence-electron chi connectivity index (χ0n) is 13.3. The quantitative estimate of drug-likeness (QED) is 0.660. The molecule has 1 aromatic heterocycles. The summed E-state index contributed by atoms with van der Waals surface area (Å²) in [7, 11) is 0. The summed E-state index contributed by atoms with van der Waals surface area (Å²) in [5.74, 6) is 1.58. The van der Waals surface area contributed by atoms with Crippen LogP contribution in [0.25, 0.3) is 11.3 Å². The van der Waals surface area contributed by atoms with Gasteiger partial charge in [-0.25, -0.2) is 4.98 Å². The number of hydrogen-bond acceptors (Lipinski definition) is 2. The average Bonchev–Trinajstić information content (AvgIpc) is 2.96. The van der Waals surface area contributed by atoms with Crippen LogP contribution in [0.3, 0.4) is 0 Å². The second kappa shape index (κ2) is 5.80. The van der Waals surface area contributed by atoms with E-state index in [-0.39, 0.29) is 5.41 Å². The summed E-state index contributed by atoms with van der Waals surface area (Å²) in [6.45, 7) is 6.65. The van der Waals surface area contributed by atoms with Gasteiger partial charge in [0.2, 0.25) is 0 Å². The van der Waals surface area contributed by atoms with Crippen molar-refractivity contribution < 1.29 is 4.42 Å². The molecule has 0 radical (unpaired) electrons. The van der Waals surface area contributed by atoms with Gasteiger partial charge in [-0.1, -0.05) is 75.4 Å². The van der Waals surface area contributed by atoms with Gasteiger partial charge in [0.15, 0.2) is 11.7 Å². The first kappa shape index (κ1) is 14.6. The Morgan fingerprint density at radius 2 is 1.59 bits per heavy atom. The van der Waals surface area contributed by atoms with Crippen LogP contribution in [-0.4, -0.2) is 4.98 Å². The predicted octanol–water partition coefficient (Wildman–Crippen LogP) is 5.23. The molecule has 3 aromatic rings. The van der Waals surface area contributed by atoms with Gasteiger partial charge in [-0.2, -0.15) is 0 Å². The van der Waals surface area contributed by atoms with Gasteiger partial charge in [-0.05, 0) is 16.5 Å². The first-order valence-electron chi connectivity index (χ1n) is 7.62. The number of nitrogens with zero attached hydrogens (tertiary/aromatic N) is 1. The van der Waals surface area contributed by atoms with Crippen LogP contribution in [0, 0.1) is 0 Å². The van der Waals surface area contributed by atoms with Gasteiger partial charge in [0, 0.05) is 12.0 Å². The molecule has 0 atom stereocenters. The summed E-state index contributed by atoms with van der Waals surface area (Å²) in [5, 5.41) is 0. The zero-order valence-corrected chi connectivity index (χ0v) is 13.3. The molecule has 1 heterocycles. The van der Waals surface area contributed by atoms with E-state index in [9.17, 15) is 0 Å². The standard InChI is InChI=1S/C20H21NO/c1-20(2,3)17-11-9-16(10-12-17)18-14-21-19(22-18)13-15-7-5-4-6-8-15/h4-12,14H,13H2,1-3H3. The maximum absolute atomic E-state index is 5.89. The summed E-state index contributed by atoms with van der Waals surface area (Å²) >= 11 is 0. The molecule has 3 rings (SSSR count). The molecule has 112 valence electrons. The highest BCUT2D eigenvalue weighted by atomic mass is 16.4. The molecule has 0 aliphatic heterocycles. The molecule has 0 fully saturated rings. The highest BCUT2D eigenvalue weighted by molar-refractivity contribution is 5.57. The van der Waals surface area contributed by atoms with Gasteiger partial charge in [-0.3, -0.25) is 0 Å². The molecule has 2 heteroatoms. The SMILES string of the molecule is CC(C)(C)c1ccc(-c2cnc(Cc3ccccc3)o2)cc1. The first-order chi connectivity index (χ1) is 10.5. The molecule has 2 aromatic carbocycles. The van der Waals surface area contributed by atoms with Gasteiger partial charge in [0.05, 0.1) is 6.20 Å². The highest BCUT2D eigenvalue weighted by Gasteiger charge is 2.14. The first-order valence-corrected chi connectivity index (χ1v) is 7.62. The Morgan fingerprint density at radius 3 is 2.23 bits per heavy atom. The lowest BCUT2D eigenvalue weighted by molar-refractivity contribution is 0.519. The number of benzene rings is 2. The molecular formula is C20H21NO. The Kier molecular flexibility index (Phi) is 3.84. The summed E-state index contributed by atoms with van der Waals surface area (Å²) in [5.41, 5.74) is 3.76. The number of hydrogen-bond donors (Lipinski definition) is 0. The highest BCUT2D eigenvalue weighted by Crippen LogP contribution is 2.26. The van der Waals surface area contributed by atoms with Gasteiger partial charge in [-0.15, -0.1) is 0 Å². The van der Waals surface area contributed by atoms with Crippen molar-refractivity contribution >= 4 is 0 Å². The molecular weight excluding hydrogens is 270 g/mol. The lowest BCUT2D eigenvalue weighted by Gasteiger charge is -2.18. The van der Waals surface area contributed by atoms with E-state index in [1.807, 2.05) is 24.4 Å². The lowest BCUT2D eigenvalue weighted by Crippen LogP contribution is -2.10. The van der Waals surface area contributed by atoms with Crippen LogP contribution in [0.1, 0.15) is 37.8 Å².